The maximum atomic E-state index is 11.3. The van der Waals surface area contributed by atoms with E-state index in [4.69, 9.17) is 4.74 Å². The first-order chi connectivity index (χ1) is 6.26. The molecule has 0 aliphatic heterocycles. The number of ether oxygens (including phenoxy) is 1. The predicted molar refractivity (Wildman–Crippen MR) is 57.8 cm³/mol. The van der Waals surface area contributed by atoms with Gasteiger partial charge < -0.3 is 4.74 Å². The zero-order valence-electron chi connectivity index (χ0n) is 8.63. The molecule has 0 bridgehead atoms. The molecule has 76 valence electrons. The van der Waals surface area contributed by atoms with Crippen LogP contribution in [0.1, 0.15) is 33.1 Å². The lowest BCUT2D eigenvalue weighted by Gasteiger charge is -2.05. The monoisotopic (exact) mass is 202 g/mol. The van der Waals surface area contributed by atoms with E-state index in [-0.39, 0.29) is 5.97 Å². The molecular formula is C10H18O2S. The van der Waals surface area contributed by atoms with Crippen LogP contribution >= 0.6 is 11.8 Å². The third kappa shape index (κ3) is 5.75. The number of carbonyl (C=O) groups is 1. The zero-order chi connectivity index (χ0) is 10.1. The van der Waals surface area contributed by atoms with Gasteiger partial charge in [0.15, 0.2) is 0 Å². The topological polar surface area (TPSA) is 26.3 Å². The Morgan fingerprint density at radius 3 is 2.62 bits per heavy atom. The van der Waals surface area contributed by atoms with Gasteiger partial charge in [-0.05, 0) is 31.4 Å². The van der Waals surface area contributed by atoms with E-state index in [9.17, 15) is 4.79 Å². The molecule has 2 nitrogen and oxygen atoms in total. The largest absolute Gasteiger partial charge is 0.463 e. The lowest BCUT2D eigenvalue weighted by atomic mass is 10.1. The molecule has 0 saturated carbocycles. The minimum atomic E-state index is -0.162. The van der Waals surface area contributed by atoms with Crippen LogP contribution in [0.3, 0.4) is 0 Å². The van der Waals surface area contributed by atoms with Crippen LogP contribution in [-0.2, 0) is 9.53 Å². The fourth-order valence-electron chi connectivity index (χ4n) is 0.942. The van der Waals surface area contributed by atoms with Gasteiger partial charge in [0.1, 0.15) is 0 Å². The van der Waals surface area contributed by atoms with Crippen LogP contribution < -0.4 is 0 Å². The quantitative estimate of drug-likeness (QED) is 0.489. The molecular weight excluding hydrogens is 184 g/mol. The van der Waals surface area contributed by atoms with Gasteiger partial charge in [-0.1, -0.05) is 13.3 Å². The average Bonchev–Trinajstić information content (AvgIpc) is 2.12. The number of unbranched alkanes of at least 4 members (excludes halogenated alkanes) is 1. The summed E-state index contributed by atoms with van der Waals surface area (Å²) >= 11 is 1.55. The van der Waals surface area contributed by atoms with Gasteiger partial charge in [0, 0.05) is 5.57 Å². The van der Waals surface area contributed by atoms with Crippen LogP contribution in [-0.4, -0.2) is 18.8 Å². The molecule has 0 N–H and O–H groups in total. The van der Waals surface area contributed by atoms with Gasteiger partial charge in [-0.15, -0.1) is 11.8 Å². The van der Waals surface area contributed by atoms with Crippen LogP contribution in [0.2, 0.25) is 0 Å². The van der Waals surface area contributed by atoms with Gasteiger partial charge in [0.05, 0.1) is 6.61 Å². The summed E-state index contributed by atoms with van der Waals surface area (Å²) in [6.45, 7) is 4.40. The lowest BCUT2D eigenvalue weighted by molar-refractivity contribution is -0.138. The molecule has 0 spiro atoms. The third-order valence-electron chi connectivity index (χ3n) is 1.60. The van der Waals surface area contributed by atoms with E-state index in [1.165, 1.54) is 0 Å². The molecule has 0 amide bonds. The van der Waals surface area contributed by atoms with Gasteiger partial charge in [0.25, 0.3) is 0 Å². The van der Waals surface area contributed by atoms with Crippen molar-refractivity contribution in [1.82, 2.24) is 0 Å². The second kappa shape index (κ2) is 8.17. The van der Waals surface area contributed by atoms with Gasteiger partial charge in [-0.3, -0.25) is 0 Å². The molecule has 0 fully saturated rings. The summed E-state index contributed by atoms with van der Waals surface area (Å²) in [6, 6.07) is 0. The Hall–Kier alpha value is -0.440. The fraction of sp³-hybridized carbons (Fsp3) is 0.700. The van der Waals surface area contributed by atoms with Crippen molar-refractivity contribution in [3.8, 4) is 0 Å². The van der Waals surface area contributed by atoms with Gasteiger partial charge >= 0.3 is 5.97 Å². The minimum Gasteiger partial charge on any atom is -0.463 e. The van der Waals surface area contributed by atoms with Crippen molar-refractivity contribution >= 4 is 17.7 Å². The fourth-order valence-corrected chi connectivity index (χ4v) is 1.44. The van der Waals surface area contributed by atoms with Gasteiger partial charge in [-0.2, -0.15) is 0 Å². The molecule has 0 aliphatic rings. The van der Waals surface area contributed by atoms with Gasteiger partial charge in [0.2, 0.25) is 0 Å². The number of hydrogen-bond donors (Lipinski definition) is 0. The molecule has 13 heavy (non-hydrogen) atoms. The highest BCUT2D eigenvalue weighted by molar-refractivity contribution is 8.01. The smallest absolute Gasteiger partial charge is 0.334 e. The van der Waals surface area contributed by atoms with Crippen molar-refractivity contribution in [3.05, 3.63) is 11.0 Å². The molecule has 0 radical (unpaired) electrons. The first-order valence-electron chi connectivity index (χ1n) is 4.65. The Kier molecular flexibility index (Phi) is 7.90. The van der Waals surface area contributed by atoms with Gasteiger partial charge in [-0.25, -0.2) is 4.79 Å². The first-order valence-corrected chi connectivity index (χ1v) is 5.94. The highest BCUT2D eigenvalue weighted by Gasteiger charge is 2.08. The molecule has 0 heterocycles. The van der Waals surface area contributed by atoms with E-state index in [1.807, 2.05) is 18.6 Å². The number of esters is 1. The van der Waals surface area contributed by atoms with Crippen LogP contribution in [0.4, 0.5) is 0 Å². The number of carbonyl (C=O) groups excluding carboxylic acids is 1. The van der Waals surface area contributed by atoms with E-state index in [0.717, 1.165) is 24.8 Å². The maximum absolute atomic E-state index is 11.3. The second-order valence-corrected chi connectivity index (χ2v) is 3.41. The van der Waals surface area contributed by atoms with Crippen molar-refractivity contribution in [1.29, 1.82) is 0 Å². The van der Waals surface area contributed by atoms with E-state index < -0.39 is 0 Å². The lowest BCUT2D eigenvalue weighted by Crippen LogP contribution is -2.07. The van der Waals surface area contributed by atoms with Crippen molar-refractivity contribution in [3.63, 3.8) is 0 Å². The Balaban J connectivity index is 4.08. The molecule has 0 aromatic rings. The molecule has 3 heteroatoms. The molecule has 0 aromatic heterocycles. The molecule has 0 rings (SSSR count). The van der Waals surface area contributed by atoms with Crippen LogP contribution in [0.15, 0.2) is 11.0 Å². The first kappa shape index (κ1) is 12.6. The molecule has 0 aromatic carbocycles. The number of rotatable bonds is 6. The summed E-state index contributed by atoms with van der Waals surface area (Å²) in [4.78, 5) is 11.3. The highest BCUT2D eigenvalue weighted by Crippen LogP contribution is 2.13. The average molecular weight is 202 g/mol. The van der Waals surface area contributed by atoms with Crippen molar-refractivity contribution in [2.75, 3.05) is 12.9 Å². The highest BCUT2D eigenvalue weighted by atomic mass is 32.2. The van der Waals surface area contributed by atoms with Crippen molar-refractivity contribution < 1.29 is 9.53 Å². The minimum absolute atomic E-state index is 0.162. The number of hydrogen-bond acceptors (Lipinski definition) is 3. The van der Waals surface area contributed by atoms with E-state index >= 15 is 0 Å². The van der Waals surface area contributed by atoms with Crippen LogP contribution in [0.25, 0.3) is 0 Å². The summed E-state index contributed by atoms with van der Waals surface area (Å²) in [5, 5.41) is 1.88. The van der Waals surface area contributed by atoms with Crippen molar-refractivity contribution in [2.45, 2.75) is 33.1 Å². The van der Waals surface area contributed by atoms with Crippen LogP contribution in [0.5, 0.6) is 0 Å². The summed E-state index contributed by atoms with van der Waals surface area (Å²) in [5.74, 6) is -0.162. The second-order valence-electron chi connectivity index (χ2n) is 2.70. The normalized spacial score (nSPS) is 11.5. The Bertz CT molecular complexity index is 176. The van der Waals surface area contributed by atoms with Crippen molar-refractivity contribution in [2.24, 2.45) is 0 Å². The third-order valence-corrected chi connectivity index (χ3v) is 2.12. The standard InChI is InChI=1S/C10H18O2S/c1-4-6-7-9(8-13-3)10(11)12-5-2/h8H,4-7H2,1-3H3/b9-8+. The summed E-state index contributed by atoms with van der Waals surface area (Å²) in [6.07, 6.45) is 4.93. The Morgan fingerprint density at radius 1 is 1.46 bits per heavy atom. The van der Waals surface area contributed by atoms with E-state index in [0.29, 0.717) is 6.61 Å². The Labute approximate surface area is 84.7 Å². The summed E-state index contributed by atoms with van der Waals surface area (Å²) < 4.78 is 4.93. The molecule has 0 aliphatic carbocycles. The SMILES string of the molecule is CCCC/C(=C\SC)C(=O)OCC. The molecule has 0 atom stereocenters. The van der Waals surface area contributed by atoms with Crippen LogP contribution in [0, 0.1) is 0 Å². The number of thioether (sulfide) groups is 1. The van der Waals surface area contributed by atoms with E-state index in [1.54, 1.807) is 11.8 Å². The predicted octanol–water partition coefficient (Wildman–Crippen LogP) is 2.99. The molecule has 0 unspecified atom stereocenters. The summed E-state index contributed by atoms with van der Waals surface area (Å²) in [7, 11) is 0. The molecule has 0 saturated heterocycles. The van der Waals surface area contributed by atoms with E-state index in [2.05, 4.69) is 6.92 Å². The summed E-state index contributed by atoms with van der Waals surface area (Å²) in [5.41, 5.74) is 0.802. The maximum Gasteiger partial charge on any atom is 0.334 e. The zero-order valence-corrected chi connectivity index (χ0v) is 9.45. The Morgan fingerprint density at radius 2 is 2.15 bits per heavy atom.